The first-order valence-electron chi connectivity index (χ1n) is 10.0. The highest BCUT2D eigenvalue weighted by Gasteiger charge is 2.23. The van der Waals surface area contributed by atoms with Crippen molar-refractivity contribution in [2.24, 2.45) is 0 Å². The summed E-state index contributed by atoms with van der Waals surface area (Å²) in [7, 11) is -3.65. The molecule has 0 fully saturated rings. The van der Waals surface area contributed by atoms with Gasteiger partial charge in [-0.15, -0.1) is 0 Å². The Labute approximate surface area is 192 Å². The van der Waals surface area contributed by atoms with Crippen molar-refractivity contribution in [1.82, 2.24) is 9.88 Å². The number of sulfonamides is 1. The molecule has 3 aromatic rings. The van der Waals surface area contributed by atoms with Crippen molar-refractivity contribution >= 4 is 33.2 Å². The van der Waals surface area contributed by atoms with Crippen molar-refractivity contribution in [3.05, 3.63) is 64.9 Å². The van der Waals surface area contributed by atoms with Crippen LogP contribution >= 0.6 is 11.6 Å². The smallest absolute Gasteiger partial charge is 0.261 e. The monoisotopic (exact) mass is 477 g/mol. The van der Waals surface area contributed by atoms with E-state index in [1.807, 2.05) is 6.92 Å². The summed E-state index contributed by atoms with van der Waals surface area (Å²) in [6, 6.07) is 12.9. The lowest BCUT2D eigenvalue weighted by molar-refractivity contribution is 0.102. The summed E-state index contributed by atoms with van der Waals surface area (Å²) in [5.74, 6) is -0.101. The summed E-state index contributed by atoms with van der Waals surface area (Å²) in [6.07, 6.45) is 0.576. The van der Waals surface area contributed by atoms with Gasteiger partial charge >= 0.3 is 0 Å². The largest absolute Gasteiger partial charge is 0.382 e. The molecule has 0 radical (unpaired) electrons. The molecule has 0 atom stereocenters. The highest BCUT2D eigenvalue weighted by molar-refractivity contribution is 7.89. The van der Waals surface area contributed by atoms with Crippen LogP contribution in [0.4, 0.5) is 5.69 Å². The van der Waals surface area contributed by atoms with Gasteiger partial charge in [0.15, 0.2) is 0 Å². The van der Waals surface area contributed by atoms with Crippen LogP contribution in [0.5, 0.6) is 0 Å². The van der Waals surface area contributed by atoms with Gasteiger partial charge in [-0.1, -0.05) is 35.0 Å². The number of benzene rings is 2. The van der Waals surface area contributed by atoms with E-state index in [4.69, 9.17) is 20.9 Å². The minimum absolute atomic E-state index is 0.102. The van der Waals surface area contributed by atoms with E-state index in [0.717, 1.165) is 0 Å². The minimum atomic E-state index is -3.65. The van der Waals surface area contributed by atoms with E-state index in [0.29, 0.717) is 47.4 Å². The van der Waals surface area contributed by atoms with Gasteiger partial charge < -0.3 is 14.6 Å². The Bertz CT molecular complexity index is 1180. The molecule has 1 amide bonds. The summed E-state index contributed by atoms with van der Waals surface area (Å²) >= 11 is 6.24. The van der Waals surface area contributed by atoms with Crippen molar-refractivity contribution in [1.29, 1.82) is 0 Å². The molecular formula is C22H24ClN3O5S. The van der Waals surface area contributed by atoms with Crippen LogP contribution in [0.2, 0.25) is 5.02 Å². The molecular weight excluding hydrogens is 454 g/mol. The molecule has 0 aliphatic rings. The summed E-state index contributed by atoms with van der Waals surface area (Å²) in [5.41, 5.74) is 1.59. The van der Waals surface area contributed by atoms with Gasteiger partial charge in [-0.25, -0.2) is 13.1 Å². The maximum Gasteiger partial charge on any atom is 0.261 e. The topological polar surface area (TPSA) is 111 Å². The van der Waals surface area contributed by atoms with Crippen molar-refractivity contribution in [2.75, 3.05) is 25.1 Å². The van der Waals surface area contributed by atoms with Gasteiger partial charge in [0.2, 0.25) is 10.0 Å². The molecule has 0 bridgehead atoms. The number of ether oxygens (including phenoxy) is 1. The fourth-order valence-electron chi connectivity index (χ4n) is 3.00. The van der Waals surface area contributed by atoms with Gasteiger partial charge in [0.05, 0.1) is 9.92 Å². The molecule has 32 heavy (non-hydrogen) atoms. The van der Waals surface area contributed by atoms with Gasteiger partial charge in [-0.05, 0) is 50.6 Å². The molecule has 0 saturated heterocycles. The zero-order valence-corrected chi connectivity index (χ0v) is 19.3. The zero-order chi connectivity index (χ0) is 23.1. The average molecular weight is 478 g/mol. The third-order valence-corrected chi connectivity index (χ3v) is 6.41. The Kier molecular flexibility index (Phi) is 8.03. The summed E-state index contributed by atoms with van der Waals surface area (Å²) in [4.78, 5) is 13.0. The number of carbonyl (C=O) groups is 1. The van der Waals surface area contributed by atoms with Gasteiger partial charge in [-0.3, -0.25) is 4.79 Å². The van der Waals surface area contributed by atoms with Crippen molar-refractivity contribution in [2.45, 2.75) is 25.2 Å². The average Bonchev–Trinajstić information content (AvgIpc) is 3.15. The van der Waals surface area contributed by atoms with Crippen molar-refractivity contribution in [3.8, 4) is 11.3 Å². The zero-order valence-electron chi connectivity index (χ0n) is 17.7. The molecule has 8 nitrogen and oxygen atoms in total. The van der Waals surface area contributed by atoms with Crippen LogP contribution in [0.1, 0.15) is 29.5 Å². The van der Waals surface area contributed by atoms with Gasteiger partial charge in [-0.2, -0.15) is 0 Å². The first-order chi connectivity index (χ1) is 15.3. The molecule has 170 valence electrons. The second kappa shape index (κ2) is 10.7. The lowest BCUT2D eigenvalue weighted by atomic mass is 10.1. The first-order valence-corrected chi connectivity index (χ1v) is 11.9. The lowest BCUT2D eigenvalue weighted by Crippen LogP contribution is -2.25. The highest BCUT2D eigenvalue weighted by atomic mass is 35.5. The fraction of sp³-hybridized carbons (Fsp3) is 0.273. The first kappa shape index (κ1) is 23.9. The summed E-state index contributed by atoms with van der Waals surface area (Å²) in [5, 5.41) is 7.17. The SMILES string of the molecule is CCOCCCNS(=O)(=O)c1ccc(NC(=O)c2c(-c3ccccc3Cl)noc2C)cc1. The van der Waals surface area contributed by atoms with Crippen LogP contribution in [0.3, 0.4) is 0 Å². The van der Waals surface area contributed by atoms with Gasteiger partial charge in [0.1, 0.15) is 17.0 Å². The highest BCUT2D eigenvalue weighted by Crippen LogP contribution is 2.31. The number of nitrogens with one attached hydrogen (secondary N) is 2. The molecule has 0 saturated carbocycles. The van der Waals surface area contributed by atoms with Crippen LogP contribution in [0, 0.1) is 6.92 Å². The molecule has 1 heterocycles. The predicted octanol–water partition coefficient (Wildman–Crippen LogP) is 4.26. The molecule has 0 spiro atoms. The fourth-order valence-corrected chi connectivity index (χ4v) is 4.30. The standard InChI is InChI=1S/C22H24ClN3O5S/c1-3-30-14-6-13-24-32(28,29)17-11-9-16(10-12-17)25-22(27)20-15(2)31-26-21(20)18-7-4-5-8-19(18)23/h4-5,7-12,24H,3,6,13-14H2,1-2H3,(H,25,27). The predicted molar refractivity (Wildman–Crippen MR) is 122 cm³/mol. The Hall–Kier alpha value is -2.72. The normalized spacial score (nSPS) is 11.5. The number of rotatable bonds is 10. The number of aromatic nitrogens is 1. The second-order valence-electron chi connectivity index (χ2n) is 6.87. The molecule has 0 aliphatic heterocycles. The number of hydrogen-bond acceptors (Lipinski definition) is 6. The van der Waals surface area contributed by atoms with Crippen LogP contribution in [0.15, 0.2) is 57.9 Å². The molecule has 0 aliphatic carbocycles. The third kappa shape index (κ3) is 5.74. The van der Waals surface area contributed by atoms with Crippen molar-refractivity contribution < 1.29 is 22.5 Å². The second-order valence-corrected chi connectivity index (χ2v) is 9.04. The van der Waals surface area contributed by atoms with E-state index in [1.165, 1.54) is 24.3 Å². The van der Waals surface area contributed by atoms with E-state index in [2.05, 4.69) is 15.2 Å². The minimum Gasteiger partial charge on any atom is -0.382 e. The Morgan fingerprint density at radius 1 is 1.16 bits per heavy atom. The number of carbonyl (C=O) groups excluding carboxylic acids is 1. The van der Waals surface area contributed by atoms with E-state index < -0.39 is 15.9 Å². The van der Waals surface area contributed by atoms with Crippen LogP contribution < -0.4 is 10.0 Å². The van der Waals surface area contributed by atoms with E-state index in [1.54, 1.807) is 31.2 Å². The summed E-state index contributed by atoms with van der Waals surface area (Å²) in [6.45, 7) is 4.87. The van der Waals surface area contributed by atoms with Crippen LogP contribution in [0.25, 0.3) is 11.3 Å². The number of anilines is 1. The van der Waals surface area contributed by atoms with E-state index >= 15 is 0 Å². The maximum absolute atomic E-state index is 12.9. The van der Waals surface area contributed by atoms with Crippen LogP contribution in [-0.2, 0) is 14.8 Å². The number of halogens is 1. The Balaban J connectivity index is 1.71. The number of amides is 1. The quantitative estimate of drug-likeness (QED) is 0.422. The summed E-state index contributed by atoms with van der Waals surface area (Å²) < 4.78 is 37.7. The Morgan fingerprint density at radius 2 is 1.88 bits per heavy atom. The number of aryl methyl sites for hydroxylation is 1. The molecule has 1 aromatic heterocycles. The van der Waals surface area contributed by atoms with Gasteiger partial charge in [0.25, 0.3) is 5.91 Å². The van der Waals surface area contributed by atoms with E-state index in [-0.39, 0.29) is 17.0 Å². The van der Waals surface area contributed by atoms with Gasteiger partial charge in [0, 0.05) is 31.0 Å². The number of hydrogen-bond donors (Lipinski definition) is 2. The molecule has 10 heteroatoms. The van der Waals surface area contributed by atoms with Crippen LogP contribution in [-0.4, -0.2) is 39.2 Å². The van der Waals surface area contributed by atoms with E-state index in [9.17, 15) is 13.2 Å². The van der Waals surface area contributed by atoms with Crippen molar-refractivity contribution in [3.63, 3.8) is 0 Å². The number of nitrogens with zero attached hydrogens (tertiary/aromatic N) is 1. The molecule has 0 unspecified atom stereocenters. The molecule has 3 rings (SSSR count). The maximum atomic E-state index is 12.9. The Morgan fingerprint density at radius 3 is 2.56 bits per heavy atom. The third-order valence-electron chi connectivity index (χ3n) is 4.60. The lowest BCUT2D eigenvalue weighted by Gasteiger charge is -2.09. The molecule has 2 aromatic carbocycles. The molecule has 2 N–H and O–H groups in total.